The molecule has 4 heterocycles. The Balaban J connectivity index is 1.30. The second kappa shape index (κ2) is 7.20. The first-order valence-corrected chi connectivity index (χ1v) is 9.80. The SMILES string of the molecule is Cc1occc1C(=O)Nc1nc(CC(=O)NC2CC3CCC(C2)N3)cs1. The van der Waals surface area contributed by atoms with E-state index < -0.39 is 0 Å². The zero-order valence-corrected chi connectivity index (χ0v) is 15.4. The van der Waals surface area contributed by atoms with Crippen LogP contribution in [0.1, 0.15) is 47.5 Å². The molecule has 0 spiro atoms. The summed E-state index contributed by atoms with van der Waals surface area (Å²) in [6, 6.07) is 2.97. The summed E-state index contributed by atoms with van der Waals surface area (Å²) < 4.78 is 5.14. The number of carbonyl (C=O) groups excluding carboxylic acids is 2. The van der Waals surface area contributed by atoms with E-state index in [1.165, 1.54) is 30.4 Å². The summed E-state index contributed by atoms with van der Waals surface area (Å²) in [5, 5.41) is 11.7. The van der Waals surface area contributed by atoms with Crippen molar-refractivity contribution in [1.29, 1.82) is 0 Å². The van der Waals surface area contributed by atoms with Crippen molar-refractivity contribution in [1.82, 2.24) is 15.6 Å². The molecule has 26 heavy (non-hydrogen) atoms. The van der Waals surface area contributed by atoms with Crippen LogP contribution in [0.2, 0.25) is 0 Å². The molecule has 2 fully saturated rings. The van der Waals surface area contributed by atoms with Crippen LogP contribution in [0.4, 0.5) is 5.13 Å². The molecule has 2 unspecified atom stereocenters. The maximum absolute atomic E-state index is 12.3. The van der Waals surface area contributed by atoms with Crippen molar-refractivity contribution in [2.45, 2.75) is 57.2 Å². The Hall–Kier alpha value is -2.19. The van der Waals surface area contributed by atoms with Crippen LogP contribution in [0.3, 0.4) is 0 Å². The van der Waals surface area contributed by atoms with E-state index in [0.717, 1.165) is 12.8 Å². The van der Waals surface area contributed by atoms with Crippen molar-refractivity contribution < 1.29 is 14.0 Å². The van der Waals surface area contributed by atoms with Gasteiger partial charge in [0, 0.05) is 23.5 Å². The summed E-state index contributed by atoms with van der Waals surface area (Å²) in [6.45, 7) is 1.74. The van der Waals surface area contributed by atoms with Crippen LogP contribution in [-0.4, -0.2) is 34.9 Å². The highest BCUT2D eigenvalue weighted by Crippen LogP contribution is 2.27. The number of amides is 2. The van der Waals surface area contributed by atoms with E-state index in [1.54, 1.807) is 13.0 Å². The summed E-state index contributed by atoms with van der Waals surface area (Å²) >= 11 is 1.32. The van der Waals surface area contributed by atoms with E-state index in [-0.39, 0.29) is 24.3 Å². The van der Waals surface area contributed by atoms with E-state index in [1.807, 2.05) is 5.38 Å². The zero-order chi connectivity index (χ0) is 18.1. The average Bonchev–Trinajstić information content (AvgIpc) is 3.29. The number of aryl methyl sites for hydroxylation is 1. The van der Waals surface area contributed by atoms with Crippen LogP contribution in [0.25, 0.3) is 0 Å². The Kier molecular flexibility index (Phi) is 4.78. The van der Waals surface area contributed by atoms with Gasteiger partial charge in [-0.1, -0.05) is 0 Å². The van der Waals surface area contributed by atoms with Crippen LogP contribution in [-0.2, 0) is 11.2 Å². The summed E-state index contributed by atoms with van der Waals surface area (Å²) in [7, 11) is 0. The van der Waals surface area contributed by atoms with E-state index in [2.05, 4.69) is 20.9 Å². The predicted molar refractivity (Wildman–Crippen MR) is 98.3 cm³/mol. The molecular weight excluding hydrogens is 352 g/mol. The molecule has 2 amide bonds. The number of nitrogens with one attached hydrogen (secondary N) is 3. The minimum atomic E-state index is -0.258. The highest BCUT2D eigenvalue weighted by molar-refractivity contribution is 7.14. The fraction of sp³-hybridized carbons (Fsp3) is 0.500. The third-order valence-corrected chi connectivity index (χ3v) is 5.86. The number of fused-ring (bicyclic) bond motifs is 2. The number of piperidine rings is 1. The lowest BCUT2D eigenvalue weighted by molar-refractivity contribution is -0.121. The highest BCUT2D eigenvalue weighted by Gasteiger charge is 2.33. The number of hydrogen-bond donors (Lipinski definition) is 3. The van der Waals surface area contributed by atoms with Gasteiger partial charge in [-0.3, -0.25) is 14.9 Å². The molecular formula is C18H22N4O3S. The molecule has 3 N–H and O–H groups in total. The minimum absolute atomic E-state index is 0.00912. The first-order chi connectivity index (χ1) is 12.6. The Morgan fingerprint density at radius 1 is 1.35 bits per heavy atom. The van der Waals surface area contributed by atoms with Gasteiger partial charge in [-0.25, -0.2) is 4.98 Å². The number of furan rings is 1. The monoisotopic (exact) mass is 374 g/mol. The topological polar surface area (TPSA) is 96.3 Å². The number of hydrogen-bond acceptors (Lipinski definition) is 6. The molecule has 2 bridgehead atoms. The van der Waals surface area contributed by atoms with Gasteiger partial charge in [0.2, 0.25) is 5.91 Å². The van der Waals surface area contributed by atoms with Crippen LogP contribution in [0, 0.1) is 6.92 Å². The van der Waals surface area contributed by atoms with Gasteiger partial charge in [0.05, 0.1) is 23.9 Å². The Morgan fingerprint density at radius 3 is 2.81 bits per heavy atom. The quantitative estimate of drug-likeness (QED) is 0.746. The molecule has 138 valence electrons. The maximum Gasteiger partial charge on any atom is 0.260 e. The Bertz CT molecular complexity index is 803. The van der Waals surface area contributed by atoms with Crippen molar-refractivity contribution in [3.05, 3.63) is 34.7 Å². The van der Waals surface area contributed by atoms with Crippen LogP contribution in [0.5, 0.6) is 0 Å². The molecule has 0 aromatic carbocycles. The number of carbonyl (C=O) groups is 2. The molecule has 7 nitrogen and oxygen atoms in total. The van der Waals surface area contributed by atoms with Crippen molar-refractivity contribution in [3.8, 4) is 0 Å². The number of anilines is 1. The standard InChI is InChI=1S/C18H22N4O3S/c1-10-15(4-5-25-10)17(24)22-18-21-14(9-26-18)8-16(23)20-13-6-11-2-3-12(7-13)19-11/h4-5,9,11-13,19H,2-3,6-8H2,1H3,(H,20,23)(H,21,22,24). The number of aromatic nitrogens is 1. The molecule has 2 aromatic rings. The fourth-order valence-electron chi connectivity index (χ4n) is 3.85. The molecule has 2 aliphatic rings. The Morgan fingerprint density at radius 2 is 2.12 bits per heavy atom. The number of nitrogens with zero attached hydrogens (tertiary/aromatic N) is 1. The van der Waals surface area contributed by atoms with Gasteiger partial charge in [-0.2, -0.15) is 0 Å². The maximum atomic E-state index is 12.3. The van der Waals surface area contributed by atoms with Gasteiger partial charge in [-0.05, 0) is 38.7 Å². The molecule has 2 aromatic heterocycles. The van der Waals surface area contributed by atoms with Gasteiger partial charge in [0.1, 0.15) is 5.76 Å². The smallest absolute Gasteiger partial charge is 0.260 e. The molecule has 8 heteroatoms. The van der Waals surface area contributed by atoms with Gasteiger partial charge in [0.15, 0.2) is 5.13 Å². The fourth-order valence-corrected chi connectivity index (χ4v) is 4.55. The highest BCUT2D eigenvalue weighted by atomic mass is 32.1. The van der Waals surface area contributed by atoms with Gasteiger partial charge < -0.3 is 15.1 Å². The molecule has 2 saturated heterocycles. The van der Waals surface area contributed by atoms with E-state index >= 15 is 0 Å². The zero-order valence-electron chi connectivity index (χ0n) is 14.6. The second-order valence-electron chi connectivity index (χ2n) is 7.04. The van der Waals surface area contributed by atoms with Crippen molar-refractivity contribution in [2.75, 3.05) is 5.32 Å². The summed E-state index contributed by atoms with van der Waals surface area (Å²) in [4.78, 5) is 28.8. The molecule has 0 aliphatic carbocycles. The lowest BCUT2D eigenvalue weighted by Crippen LogP contribution is -2.48. The van der Waals surface area contributed by atoms with Crippen molar-refractivity contribution in [3.63, 3.8) is 0 Å². The Labute approximate surface area is 155 Å². The molecule has 0 saturated carbocycles. The van der Waals surface area contributed by atoms with Crippen molar-refractivity contribution >= 4 is 28.3 Å². The van der Waals surface area contributed by atoms with Gasteiger partial charge >= 0.3 is 0 Å². The van der Waals surface area contributed by atoms with E-state index in [0.29, 0.717) is 34.2 Å². The predicted octanol–water partition coefficient (Wildman–Crippen LogP) is 2.24. The third kappa shape index (κ3) is 3.81. The lowest BCUT2D eigenvalue weighted by Gasteiger charge is -2.29. The van der Waals surface area contributed by atoms with Gasteiger partial charge in [-0.15, -0.1) is 11.3 Å². The average molecular weight is 374 g/mol. The molecule has 0 radical (unpaired) electrons. The molecule has 4 rings (SSSR count). The van der Waals surface area contributed by atoms with Gasteiger partial charge in [0.25, 0.3) is 5.91 Å². The number of thiazole rings is 1. The largest absolute Gasteiger partial charge is 0.469 e. The second-order valence-corrected chi connectivity index (χ2v) is 7.90. The minimum Gasteiger partial charge on any atom is -0.469 e. The molecule has 2 atom stereocenters. The first-order valence-electron chi connectivity index (χ1n) is 8.92. The van der Waals surface area contributed by atoms with E-state index in [9.17, 15) is 9.59 Å². The lowest BCUT2D eigenvalue weighted by atomic mass is 10.00. The summed E-state index contributed by atoms with van der Waals surface area (Å²) in [5.41, 5.74) is 1.16. The van der Waals surface area contributed by atoms with Crippen LogP contribution < -0.4 is 16.0 Å². The van der Waals surface area contributed by atoms with Crippen LogP contribution in [0.15, 0.2) is 22.1 Å². The molecule has 2 aliphatic heterocycles. The number of rotatable bonds is 5. The third-order valence-electron chi connectivity index (χ3n) is 5.06. The van der Waals surface area contributed by atoms with Crippen LogP contribution >= 0.6 is 11.3 Å². The normalized spacial score (nSPS) is 24.4. The summed E-state index contributed by atoms with van der Waals surface area (Å²) in [6.07, 6.45) is 6.14. The first kappa shape index (κ1) is 17.2. The van der Waals surface area contributed by atoms with Crippen molar-refractivity contribution in [2.24, 2.45) is 0 Å². The summed E-state index contributed by atoms with van der Waals surface area (Å²) in [5.74, 6) is 0.298. The van der Waals surface area contributed by atoms with E-state index in [4.69, 9.17) is 4.42 Å².